The van der Waals surface area contributed by atoms with Crippen LogP contribution in [0.5, 0.6) is 0 Å². The molecule has 3 rings (SSSR count). The van der Waals surface area contributed by atoms with Gasteiger partial charge < -0.3 is 20.4 Å². The number of amides is 2. The molecule has 0 aliphatic carbocycles. The topological polar surface area (TPSA) is 64.7 Å². The van der Waals surface area contributed by atoms with Crippen molar-refractivity contribution in [3.63, 3.8) is 0 Å². The van der Waals surface area contributed by atoms with E-state index in [0.29, 0.717) is 12.1 Å². The third kappa shape index (κ3) is 5.81. The van der Waals surface area contributed by atoms with Crippen LogP contribution in [-0.4, -0.2) is 56.0 Å². The Morgan fingerprint density at radius 2 is 1.76 bits per heavy atom. The Balaban J connectivity index is 1.51. The van der Waals surface area contributed by atoms with Crippen molar-refractivity contribution in [2.75, 3.05) is 49.5 Å². The van der Waals surface area contributed by atoms with Crippen molar-refractivity contribution in [2.45, 2.75) is 20.3 Å². The Kier molecular flexibility index (Phi) is 7.25. The van der Waals surface area contributed by atoms with Gasteiger partial charge in [-0.25, -0.2) is 0 Å². The first-order valence-electron chi connectivity index (χ1n) is 10.3. The number of piperazine rings is 1. The van der Waals surface area contributed by atoms with E-state index < -0.39 is 0 Å². The van der Waals surface area contributed by atoms with Crippen LogP contribution in [0.2, 0.25) is 0 Å². The highest BCUT2D eigenvalue weighted by Crippen LogP contribution is 2.26. The molecule has 154 valence electrons. The summed E-state index contributed by atoms with van der Waals surface area (Å²) in [5, 5.41) is 5.83. The molecule has 0 aromatic heterocycles. The number of benzene rings is 2. The lowest BCUT2D eigenvalue weighted by Crippen LogP contribution is -2.46. The zero-order valence-corrected chi connectivity index (χ0v) is 17.3. The van der Waals surface area contributed by atoms with Gasteiger partial charge in [-0.05, 0) is 37.7 Å². The lowest BCUT2D eigenvalue weighted by Gasteiger charge is -2.36. The molecule has 2 N–H and O–H groups in total. The van der Waals surface area contributed by atoms with Crippen LogP contribution < -0.4 is 15.5 Å². The molecular formula is C23H30N4O2. The minimum atomic E-state index is -0.157. The Bertz CT molecular complexity index is 844. The Morgan fingerprint density at radius 1 is 1.00 bits per heavy atom. The van der Waals surface area contributed by atoms with Crippen LogP contribution in [-0.2, 0) is 4.79 Å². The minimum absolute atomic E-state index is 0.103. The minimum Gasteiger partial charge on any atom is -0.367 e. The molecule has 1 saturated heterocycles. The summed E-state index contributed by atoms with van der Waals surface area (Å²) < 4.78 is 0. The van der Waals surface area contributed by atoms with E-state index >= 15 is 0 Å². The number of hydrogen-bond acceptors (Lipinski definition) is 4. The van der Waals surface area contributed by atoms with Gasteiger partial charge in [0.1, 0.15) is 0 Å². The Hall–Kier alpha value is -2.86. The average Bonchev–Trinajstić information content (AvgIpc) is 2.74. The van der Waals surface area contributed by atoms with Crippen molar-refractivity contribution in [2.24, 2.45) is 0 Å². The number of para-hydroxylation sites is 2. The van der Waals surface area contributed by atoms with Crippen molar-refractivity contribution >= 4 is 23.2 Å². The lowest BCUT2D eigenvalue weighted by atomic mass is 10.1. The lowest BCUT2D eigenvalue weighted by molar-refractivity contribution is -0.116. The van der Waals surface area contributed by atoms with Gasteiger partial charge in [-0.3, -0.25) is 9.59 Å². The number of anilines is 2. The molecule has 0 saturated carbocycles. The van der Waals surface area contributed by atoms with Gasteiger partial charge in [-0.15, -0.1) is 0 Å². The molecule has 0 radical (unpaired) electrons. The molecule has 6 nitrogen and oxygen atoms in total. The molecule has 6 heteroatoms. The predicted molar refractivity (Wildman–Crippen MR) is 118 cm³/mol. The van der Waals surface area contributed by atoms with Crippen LogP contribution >= 0.6 is 0 Å². The highest BCUT2D eigenvalue weighted by molar-refractivity contribution is 5.96. The SMILES string of the molecule is CCN1CCN(c2ccccc2NC(=O)CCNC(=O)c2cccc(C)c2)CC1. The van der Waals surface area contributed by atoms with Crippen molar-refractivity contribution in [3.05, 3.63) is 59.7 Å². The molecule has 1 heterocycles. The maximum Gasteiger partial charge on any atom is 0.251 e. The number of hydrogen-bond donors (Lipinski definition) is 2. The first-order chi connectivity index (χ1) is 14.1. The standard InChI is InChI=1S/C23H30N4O2/c1-3-26-13-15-27(16-14-26)21-10-5-4-9-20(21)25-22(28)11-12-24-23(29)19-8-6-7-18(2)17-19/h4-10,17H,3,11-16H2,1-2H3,(H,24,29)(H,25,28). The van der Waals surface area contributed by atoms with E-state index in [4.69, 9.17) is 0 Å². The van der Waals surface area contributed by atoms with Crippen LogP contribution in [0.15, 0.2) is 48.5 Å². The summed E-state index contributed by atoms with van der Waals surface area (Å²) in [5.74, 6) is -0.259. The maximum atomic E-state index is 12.4. The van der Waals surface area contributed by atoms with Gasteiger partial charge in [0, 0.05) is 44.7 Å². The molecule has 1 aliphatic heterocycles. The van der Waals surface area contributed by atoms with E-state index in [1.807, 2.05) is 43.3 Å². The summed E-state index contributed by atoms with van der Waals surface area (Å²) in [6, 6.07) is 15.3. The van der Waals surface area contributed by atoms with Crippen molar-refractivity contribution in [1.82, 2.24) is 10.2 Å². The second-order valence-electron chi connectivity index (χ2n) is 7.36. The number of aryl methyl sites for hydroxylation is 1. The van der Waals surface area contributed by atoms with E-state index in [-0.39, 0.29) is 18.2 Å². The number of nitrogens with zero attached hydrogens (tertiary/aromatic N) is 2. The second-order valence-corrected chi connectivity index (χ2v) is 7.36. The highest BCUT2D eigenvalue weighted by Gasteiger charge is 2.18. The van der Waals surface area contributed by atoms with Crippen molar-refractivity contribution in [1.29, 1.82) is 0 Å². The average molecular weight is 395 g/mol. The van der Waals surface area contributed by atoms with Gasteiger partial charge in [-0.2, -0.15) is 0 Å². The number of likely N-dealkylation sites (N-methyl/N-ethyl adjacent to an activating group) is 1. The third-order valence-corrected chi connectivity index (χ3v) is 5.26. The molecule has 2 aromatic carbocycles. The van der Waals surface area contributed by atoms with Gasteiger partial charge >= 0.3 is 0 Å². The van der Waals surface area contributed by atoms with Crippen LogP contribution in [0, 0.1) is 6.92 Å². The largest absolute Gasteiger partial charge is 0.367 e. The molecule has 0 atom stereocenters. The molecule has 0 bridgehead atoms. The van der Waals surface area contributed by atoms with Crippen LogP contribution in [0.3, 0.4) is 0 Å². The molecule has 2 amide bonds. The summed E-state index contributed by atoms with van der Waals surface area (Å²) in [4.78, 5) is 29.4. The number of carbonyl (C=O) groups is 2. The van der Waals surface area contributed by atoms with Gasteiger partial charge in [0.2, 0.25) is 5.91 Å². The van der Waals surface area contributed by atoms with Gasteiger partial charge in [0.05, 0.1) is 11.4 Å². The molecule has 1 aliphatic rings. The highest BCUT2D eigenvalue weighted by atomic mass is 16.2. The van der Waals surface area contributed by atoms with Crippen LogP contribution in [0.25, 0.3) is 0 Å². The maximum absolute atomic E-state index is 12.4. The molecule has 0 unspecified atom stereocenters. The molecule has 1 fully saturated rings. The summed E-state index contributed by atoms with van der Waals surface area (Å²) >= 11 is 0. The molecule has 2 aromatic rings. The normalized spacial score (nSPS) is 14.5. The van der Waals surface area contributed by atoms with Gasteiger partial charge in [0.15, 0.2) is 0 Å². The number of rotatable bonds is 7. The number of carbonyl (C=O) groups excluding carboxylic acids is 2. The summed E-state index contributed by atoms with van der Waals surface area (Å²) in [6.45, 7) is 9.47. The summed E-state index contributed by atoms with van der Waals surface area (Å²) in [7, 11) is 0. The zero-order chi connectivity index (χ0) is 20.6. The second kappa shape index (κ2) is 10.1. The van der Waals surface area contributed by atoms with E-state index in [2.05, 4.69) is 33.4 Å². The zero-order valence-electron chi connectivity index (χ0n) is 17.3. The van der Waals surface area contributed by atoms with Gasteiger partial charge in [0.25, 0.3) is 5.91 Å². The fourth-order valence-corrected chi connectivity index (χ4v) is 3.55. The fourth-order valence-electron chi connectivity index (χ4n) is 3.55. The summed E-state index contributed by atoms with van der Waals surface area (Å²) in [5.41, 5.74) is 3.53. The van der Waals surface area contributed by atoms with Crippen molar-refractivity contribution in [3.8, 4) is 0 Å². The van der Waals surface area contributed by atoms with Crippen molar-refractivity contribution < 1.29 is 9.59 Å². The van der Waals surface area contributed by atoms with E-state index in [1.54, 1.807) is 6.07 Å². The van der Waals surface area contributed by atoms with Crippen LogP contribution in [0.1, 0.15) is 29.3 Å². The first kappa shape index (κ1) is 20.9. The molecular weight excluding hydrogens is 364 g/mol. The predicted octanol–water partition coefficient (Wildman–Crippen LogP) is 2.90. The van der Waals surface area contributed by atoms with E-state index in [1.165, 1.54) is 0 Å². The Labute approximate surface area is 172 Å². The third-order valence-electron chi connectivity index (χ3n) is 5.26. The molecule has 0 spiro atoms. The quantitative estimate of drug-likeness (QED) is 0.758. The fraction of sp³-hybridized carbons (Fsp3) is 0.391. The smallest absolute Gasteiger partial charge is 0.251 e. The first-order valence-corrected chi connectivity index (χ1v) is 10.3. The van der Waals surface area contributed by atoms with E-state index in [0.717, 1.165) is 49.7 Å². The van der Waals surface area contributed by atoms with Gasteiger partial charge in [-0.1, -0.05) is 36.8 Å². The summed E-state index contributed by atoms with van der Waals surface area (Å²) in [6.07, 6.45) is 0.232. The Morgan fingerprint density at radius 3 is 2.48 bits per heavy atom. The number of nitrogens with one attached hydrogen (secondary N) is 2. The monoisotopic (exact) mass is 394 g/mol. The molecule has 29 heavy (non-hydrogen) atoms. The van der Waals surface area contributed by atoms with E-state index in [9.17, 15) is 9.59 Å². The van der Waals surface area contributed by atoms with Crippen LogP contribution in [0.4, 0.5) is 11.4 Å².